The molecule has 112 valence electrons. The van der Waals surface area contributed by atoms with Crippen molar-refractivity contribution in [2.75, 3.05) is 0 Å². The molecule has 0 unspecified atom stereocenters. The second kappa shape index (κ2) is 6.35. The van der Waals surface area contributed by atoms with Crippen LogP contribution >= 0.6 is 0 Å². The van der Waals surface area contributed by atoms with Crippen molar-refractivity contribution in [3.8, 4) is 11.5 Å². The number of carbonyl (C=O) groups is 1. The van der Waals surface area contributed by atoms with Gasteiger partial charge >= 0.3 is 5.97 Å². The van der Waals surface area contributed by atoms with Gasteiger partial charge in [-0.2, -0.15) is 0 Å². The maximum absolute atomic E-state index is 11.5. The number of ether oxygens (including phenoxy) is 2. The van der Waals surface area contributed by atoms with Gasteiger partial charge in [-0.05, 0) is 17.7 Å². The van der Waals surface area contributed by atoms with Gasteiger partial charge in [-0.1, -0.05) is 43.3 Å². The smallest absolute Gasteiger partial charge is 0.310 e. The van der Waals surface area contributed by atoms with Crippen molar-refractivity contribution in [2.24, 2.45) is 0 Å². The maximum Gasteiger partial charge on any atom is 0.310 e. The summed E-state index contributed by atoms with van der Waals surface area (Å²) in [6.07, 6.45) is 2.02. The molecule has 0 radical (unpaired) electrons. The number of nitrogens with one attached hydrogen (secondary N) is 1. The summed E-state index contributed by atoms with van der Waals surface area (Å²) in [6, 6.07) is 15.7. The lowest BCUT2D eigenvalue weighted by molar-refractivity contribution is -0.133. The number of hydrogen-bond acceptors (Lipinski definition) is 3. The number of rotatable bonds is 5. The van der Waals surface area contributed by atoms with Gasteiger partial charge in [-0.3, -0.25) is 4.79 Å². The summed E-state index contributed by atoms with van der Waals surface area (Å²) >= 11 is 0. The van der Waals surface area contributed by atoms with Crippen molar-refractivity contribution in [1.29, 1.82) is 0 Å². The van der Waals surface area contributed by atoms with Crippen molar-refractivity contribution < 1.29 is 14.3 Å². The van der Waals surface area contributed by atoms with Crippen LogP contribution in [0.2, 0.25) is 0 Å². The molecule has 22 heavy (non-hydrogen) atoms. The average Bonchev–Trinajstić information content (AvgIpc) is 2.97. The van der Waals surface area contributed by atoms with Crippen LogP contribution in [0, 0.1) is 0 Å². The van der Waals surface area contributed by atoms with E-state index in [9.17, 15) is 4.79 Å². The molecule has 4 heteroatoms. The number of fused-ring (bicyclic) bond motifs is 1. The zero-order valence-electron chi connectivity index (χ0n) is 12.3. The molecule has 0 atom stereocenters. The first-order valence-electron chi connectivity index (χ1n) is 7.25. The second-order valence-electron chi connectivity index (χ2n) is 4.93. The minimum Gasteiger partial charge on any atom is -0.488 e. The maximum atomic E-state index is 11.5. The van der Waals surface area contributed by atoms with Crippen LogP contribution in [0.5, 0.6) is 11.5 Å². The third-order valence-electron chi connectivity index (χ3n) is 3.38. The highest BCUT2D eigenvalue weighted by atomic mass is 16.5. The number of carbonyl (C=O) groups excluding carboxylic acids is 1. The van der Waals surface area contributed by atoms with E-state index in [4.69, 9.17) is 9.47 Å². The van der Waals surface area contributed by atoms with Gasteiger partial charge in [0.2, 0.25) is 0 Å². The molecule has 1 heterocycles. The molecule has 0 amide bonds. The van der Waals surface area contributed by atoms with E-state index < -0.39 is 0 Å². The quantitative estimate of drug-likeness (QED) is 0.722. The SMILES string of the molecule is CCC(=O)Oc1c[nH]c2cccc(OCc3ccccc3)c12. The van der Waals surface area contributed by atoms with Gasteiger partial charge < -0.3 is 14.5 Å². The molecule has 0 bridgehead atoms. The predicted octanol–water partition coefficient (Wildman–Crippen LogP) is 4.06. The van der Waals surface area contributed by atoms with Gasteiger partial charge in [0.25, 0.3) is 0 Å². The molecular weight excluding hydrogens is 278 g/mol. The van der Waals surface area contributed by atoms with Crippen LogP contribution in [0.3, 0.4) is 0 Å². The van der Waals surface area contributed by atoms with Gasteiger partial charge in [0.1, 0.15) is 12.4 Å². The molecule has 0 aliphatic heterocycles. The summed E-state index contributed by atoms with van der Waals surface area (Å²) in [6.45, 7) is 2.23. The molecule has 1 N–H and O–H groups in total. The Morgan fingerprint density at radius 1 is 1.05 bits per heavy atom. The predicted molar refractivity (Wildman–Crippen MR) is 85.0 cm³/mol. The van der Waals surface area contributed by atoms with E-state index in [2.05, 4.69) is 4.98 Å². The number of hydrogen-bond donors (Lipinski definition) is 1. The Kier molecular flexibility index (Phi) is 4.10. The zero-order valence-corrected chi connectivity index (χ0v) is 12.3. The highest BCUT2D eigenvalue weighted by Gasteiger charge is 2.13. The van der Waals surface area contributed by atoms with Gasteiger partial charge in [-0.15, -0.1) is 0 Å². The number of H-pyrrole nitrogens is 1. The number of aromatic amines is 1. The fourth-order valence-electron chi connectivity index (χ4n) is 2.25. The molecule has 4 nitrogen and oxygen atoms in total. The summed E-state index contributed by atoms with van der Waals surface area (Å²) in [5.41, 5.74) is 1.96. The van der Waals surface area contributed by atoms with Gasteiger partial charge in [0.15, 0.2) is 5.75 Å². The third kappa shape index (κ3) is 2.96. The lowest BCUT2D eigenvalue weighted by Crippen LogP contribution is -2.05. The normalized spacial score (nSPS) is 10.6. The molecule has 1 aromatic heterocycles. The van der Waals surface area contributed by atoms with Crippen LogP contribution in [-0.4, -0.2) is 11.0 Å². The molecule has 3 aromatic rings. The number of aromatic nitrogens is 1. The minimum absolute atomic E-state index is 0.265. The van der Waals surface area contributed by atoms with Crippen LogP contribution in [0.4, 0.5) is 0 Å². The molecule has 0 aliphatic carbocycles. The van der Waals surface area contributed by atoms with Crippen molar-refractivity contribution in [3.63, 3.8) is 0 Å². The van der Waals surface area contributed by atoms with Gasteiger partial charge in [-0.25, -0.2) is 0 Å². The molecule has 0 spiro atoms. The summed E-state index contributed by atoms with van der Waals surface area (Å²) in [7, 11) is 0. The number of benzene rings is 2. The molecule has 0 fully saturated rings. The van der Waals surface area contributed by atoms with E-state index >= 15 is 0 Å². The summed E-state index contributed by atoms with van der Waals surface area (Å²) < 4.78 is 11.3. The van der Waals surface area contributed by atoms with Crippen LogP contribution in [0.1, 0.15) is 18.9 Å². The topological polar surface area (TPSA) is 51.3 Å². The fraction of sp³-hybridized carbons (Fsp3) is 0.167. The first-order chi connectivity index (χ1) is 10.8. The molecular formula is C18H17NO3. The van der Waals surface area contributed by atoms with Crippen LogP contribution in [-0.2, 0) is 11.4 Å². The van der Waals surface area contributed by atoms with E-state index in [0.717, 1.165) is 16.5 Å². The zero-order chi connectivity index (χ0) is 15.4. The van der Waals surface area contributed by atoms with Crippen LogP contribution < -0.4 is 9.47 Å². The van der Waals surface area contributed by atoms with E-state index in [1.807, 2.05) is 48.5 Å². The number of esters is 1. The van der Waals surface area contributed by atoms with Gasteiger partial charge in [0.05, 0.1) is 10.9 Å². The van der Waals surface area contributed by atoms with E-state index in [0.29, 0.717) is 24.5 Å². The lowest BCUT2D eigenvalue weighted by Gasteiger charge is -2.09. The summed E-state index contributed by atoms with van der Waals surface area (Å²) in [4.78, 5) is 14.6. The average molecular weight is 295 g/mol. The largest absolute Gasteiger partial charge is 0.488 e. The Morgan fingerprint density at radius 2 is 1.86 bits per heavy atom. The van der Waals surface area contributed by atoms with Crippen molar-refractivity contribution >= 4 is 16.9 Å². The van der Waals surface area contributed by atoms with E-state index in [1.165, 1.54) is 0 Å². The molecule has 0 saturated carbocycles. The Hall–Kier alpha value is -2.75. The van der Waals surface area contributed by atoms with Crippen molar-refractivity contribution in [1.82, 2.24) is 4.98 Å². The third-order valence-corrected chi connectivity index (χ3v) is 3.38. The Bertz CT molecular complexity index is 777. The molecule has 3 rings (SSSR count). The Balaban J connectivity index is 1.88. The first-order valence-corrected chi connectivity index (χ1v) is 7.25. The second-order valence-corrected chi connectivity index (χ2v) is 4.93. The summed E-state index contributed by atoms with van der Waals surface area (Å²) in [5.74, 6) is 0.936. The minimum atomic E-state index is -0.265. The Labute approximate surface area is 128 Å². The highest BCUT2D eigenvalue weighted by molar-refractivity contribution is 5.93. The van der Waals surface area contributed by atoms with Crippen molar-refractivity contribution in [2.45, 2.75) is 20.0 Å². The Morgan fingerprint density at radius 3 is 2.64 bits per heavy atom. The van der Waals surface area contributed by atoms with Gasteiger partial charge in [0, 0.05) is 12.6 Å². The molecule has 2 aromatic carbocycles. The standard InChI is InChI=1S/C18H17NO3/c1-2-17(20)22-16-11-19-14-9-6-10-15(18(14)16)21-12-13-7-4-3-5-8-13/h3-11,19H,2,12H2,1H3. The monoisotopic (exact) mass is 295 g/mol. The highest BCUT2D eigenvalue weighted by Crippen LogP contribution is 2.34. The molecule has 0 aliphatic rings. The lowest BCUT2D eigenvalue weighted by atomic mass is 10.2. The molecule has 0 saturated heterocycles. The van der Waals surface area contributed by atoms with Crippen LogP contribution in [0.25, 0.3) is 10.9 Å². The summed E-state index contributed by atoms with van der Waals surface area (Å²) in [5, 5.41) is 0.792. The fourth-order valence-corrected chi connectivity index (χ4v) is 2.25. The van der Waals surface area contributed by atoms with Crippen LogP contribution in [0.15, 0.2) is 54.7 Å². The van der Waals surface area contributed by atoms with Crippen molar-refractivity contribution in [3.05, 3.63) is 60.3 Å². The first kappa shape index (κ1) is 14.2. The van der Waals surface area contributed by atoms with E-state index in [1.54, 1.807) is 13.1 Å². The van der Waals surface area contributed by atoms with E-state index in [-0.39, 0.29) is 5.97 Å².